The number of halogens is 2. The van der Waals surface area contributed by atoms with Crippen molar-refractivity contribution >= 4 is 43.4 Å². The average Bonchev–Trinajstić information content (AvgIpc) is 2.49. The molecular weight excluding hydrogens is 427 g/mol. The Kier molecular flexibility index (Phi) is 9.28. The molecule has 7 nitrogen and oxygen atoms in total. The van der Waals surface area contributed by atoms with Crippen molar-refractivity contribution in [1.82, 2.24) is 0 Å². The molecule has 11 heteroatoms. The summed E-state index contributed by atoms with van der Waals surface area (Å²) < 4.78 is 59.8. The first-order chi connectivity index (χ1) is 11.9. The van der Waals surface area contributed by atoms with Crippen LogP contribution in [0.4, 0.5) is 0 Å². The lowest BCUT2D eigenvalue weighted by Gasteiger charge is -2.25. The van der Waals surface area contributed by atoms with Crippen molar-refractivity contribution in [3.05, 3.63) is 33.8 Å². The fourth-order valence-electron chi connectivity index (χ4n) is 2.33. The summed E-state index contributed by atoms with van der Waals surface area (Å²) in [6.07, 6.45) is 2.05. The van der Waals surface area contributed by atoms with Gasteiger partial charge < -0.3 is 4.74 Å². The van der Waals surface area contributed by atoms with Crippen LogP contribution in [0.25, 0.3) is 0 Å². The van der Waals surface area contributed by atoms with Gasteiger partial charge in [-0.3, -0.25) is 8.37 Å². The predicted octanol–water partition coefficient (Wildman–Crippen LogP) is 2.51. The summed E-state index contributed by atoms with van der Waals surface area (Å²) >= 11 is 11.9. The molecule has 0 aliphatic carbocycles. The van der Waals surface area contributed by atoms with Crippen LogP contribution in [0.15, 0.2) is 18.2 Å². The lowest BCUT2D eigenvalue weighted by molar-refractivity contribution is 0.0107. The zero-order chi connectivity index (χ0) is 20.0. The molecule has 0 aliphatic heterocycles. The van der Waals surface area contributed by atoms with E-state index in [0.29, 0.717) is 22.9 Å². The molecule has 26 heavy (non-hydrogen) atoms. The van der Waals surface area contributed by atoms with Gasteiger partial charge in [0, 0.05) is 7.11 Å². The van der Waals surface area contributed by atoms with E-state index in [4.69, 9.17) is 36.3 Å². The van der Waals surface area contributed by atoms with E-state index in [1.807, 2.05) is 0 Å². The molecule has 0 spiro atoms. The molecule has 1 aromatic carbocycles. The SMILES string of the molecule is CO[C@H](COS(C)(=O)=O)[C@H](CCOS(C)(=O)=O)Cc1ccc(Cl)c(Cl)c1. The maximum absolute atomic E-state index is 11.2. The van der Waals surface area contributed by atoms with Crippen LogP contribution in [0.5, 0.6) is 0 Å². The number of ether oxygens (including phenoxy) is 1. The number of hydrogen-bond donors (Lipinski definition) is 0. The van der Waals surface area contributed by atoms with Gasteiger partial charge >= 0.3 is 0 Å². The first kappa shape index (κ1) is 23.6. The van der Waals surface area contributed by atoms with E-state index in [-0.39, 0.29) is 19.1 Å². The van der Waals surface area contributed by atoms with Gasteiger partial charge in [0.25, 0.3) is 20.2 Å². The second-order valence-electron chi connectivity index (χ2n) is 5.79. The highest BCUT2D eigenvalue weighted by atomic mass is 35.5. The minimum Gasteiger partial charge on any atom is -0.379 e. The summed E-state index contributed by atoms with van der Waals surface area (Å²) in [7, 11) is -5.79. The van der Waals surface area contributed by atoms with Crippen LogP contribution in [-0.2, 0) is 39.8 Å². The highest BCUT2D eigenvalue weighted by Gasteiger charge is 2.24. The molecule has 0 aliphatic rings. The Morgan fingerprint density at radius 2 is 1.62 bits per heavy atom. The Labute approximate surface area is 164 Å². The summed E-state index contributed by atoms with van der Waals surface area (Å²) in [4.78, 5) is 0. The summed E-state index contributed by atoms with van der Waals surface area (Å²) in [5.74, 6) is -0.277. The number of hydrogen-bond acceptors (Lipinski definition) is 7. The Hall–Kier alpha value is -0.420. The fourth-order valence-corrected chi connectivity index (χ4v) is 3.43. The quantitative estimate of drug-likeness (QED) is 0.479. The molecule has 0 aromatic heterocycles. The monoisotopic (exact) mass is 448 g/mol. The molecule has 2 atom stereocenters. The van der Waals surface area contributed by atoms with Crippen molar-refractivity contribution in [2.45, 2.75) is 18.9 Å². The van der Waals surface area contributed by atoms with E-state index in [1.54, 1.807) is 18.2 Å². The second kappa shape index (κ2) is 10.2. The normalized spacial score (nSPS) is 15.0. The molecule has 0 fully saturated rings. The second-order valence-corrected chi connectivity index (χ2v) is 9.89. The van der Waals surface area contributed by atoms with Crippen LogP contribution >= 0.6 is 23.2 Å². The first-order valence-electron chi connectivity index (χ1n) is 7.57. The molecule has 0 unspecified atom stereocenters. The zero-order valence-corrected chi connectivity index (χ0v) is 17.8. The van der Waals surface area contributed by atoms with E-state index < -0.39 is 26.3 Å². The first-order valence-corrected chi connectivity index (χ1v) is 12.0. The minimum atomic E-state index is -3.64. The van der Waals surface area contributed by atoms with E-state index >= 15 is 0 Å². The van der Waals surface area contributed by atoms with E-state index in [1.165, 1.54) is 7.11 Å². The summed E-state index contributed by atoms with van der Waals surface area (Å²) in [5, 5.41) is 0.799. The van der Waals surface area contributed by atoms with Gasteiger partial charge in [-0.05, 0) is 36.5 Å². The average molecular weight is 449 g/mol. The summed E-state index contributed by atoms with van der Waals surface area (Å²) in [6.45, 7) is -0.260. The maximum Gasteiger partial charge on any atom is 0.264 e. The molecule has 0 radical (unpaired) electrons. The van der Waals surface area contributed by atoms with Crippen LogP contribution < -0.4 is 0 Å². The lowest BCUT2D eigenvalue weighted by atomic mass is 9.91. The Bertz CT molecular complexity index is 794. The minimum absolute atomic E-state index is 0.0659. The highest BCUT2D eigenvalue weighted by Crippen LogP contribution is 2.26. The van der Waals surface area contributed by atoms with Gasteiger partial charge in [-0.25, -0.2) is 0 Å². The number of benzene rings is 1. The highest BCUT2D eigenvalue weighted by molar-refractivity contribution is 7.86. The van der Waals surface area contributed by atoms with Gasteiger partial charge in [-0.15, -0.1) is 0 Å². The van der Waals surface area contributed by atoms with E-state index in [9.17, 15) is 16.8 Å². The summed E-state index contributed by atoms with van der Waals surface area (Å²) in [6, 6.07) is 5.12. The third kappa shape index (κ3) is 9.50. The Morgan fingerprint density at radius 1 is 1.00 bits per heavy atom. The Morgan fingerprint density at radius 3 is 2.12 bits per heavy atom. The molecule has 0 N–H and O–H groups in total. The Balaban J connectivity index is 2.92. The fraction of sp³-hybridized carbons (Fsp3) is 0.600. The predicted molar refractivity (Wildman–Crippen MR) is 101 cm³/mol. The van der Waals surface area contributed by atoms with Crippen LogP contribution in [-0.4, -0.2) is 55.8 Å². The molecule has 1 aromatic rings. The van der Waals surface area contributed by atoms with Crippen LogP contribution in [0.1, 0.15) is 12.0 Å². The van der Waals surface area contributed by atoms with Crippen molar-refractivity contribution in [1.29, 1.82) is 0 Å². The molecule has 0 bridgehead atoms. The van der Waals surface area contributed by atoms with Crippen LogP contribution in [0.3, 0.4) is 0 Å². The summed E-state index contributed by atoms with van der Waals surface area (Å²) in [5.41, 5.74) is 0.838. The van der Waals surface area contributed by atoms with E-state index in [0.717, 1.165) is 18.1 Å². The molecule has 0 amide bonds. The zero-order valence-electron chi connectivity index (χ0n) is 14.6. The van der Waals surface area contributed by atoms with Crippen LogP contribution in [0, 0.1) is 5.92 Å². The third-order valence-electron chi connectivity index (χ3n) is 3.54. The molecule has 0 heterocycles. The van der Waals surface area contributed by atoms with Crippen molar-refractivity contribution in [2.75, 3.05) is 32.8 Å². The van der Waals surface area contributed by atoms with E-state index in [2.05, 4.69) is 0 Å². The van der Waals surface area contributed by atoms with Crippen molar-refractivity contribution in [2.24, 2.45) is 5.92 Å². The maximum atomic E-state index is 11.2. The molecule has 150 valence electrons. The van der Waals surface area contributed by atoms with Crippen molar-refractivity contribution < 1.29 is 29.9 Å². The molecular formula is C15H22Cl2O7S2. The third-order valence-corrected chi connectivity index (χ3v) is 5.44. The molecule has 1 rings (SSSR count). The van der Waals surface area contributed by atoms with Crippen molar-refractivity contribution in [3.63, 3.8) is 0 Å². The largest absolute Gasteiger partial charge is 0.379 e. The number of rotatable bonds is 11. The van der Waals surface area contributed by atoms with Gasteiger partial charge in [0.1, 0.15) is 0 Å². The molecule has 0 saturated heterocycles. The van der Waals surface area contributed by atoms with Gasteiger partial charge in [0.05, 0.1) is 41.9 Å². The van der Waals surface area contributed by atoms with Gasteiger partial charge in [-0.1, -0.05) is 29.3 Å². The topological polar surface area (TPSA) is 96.0 Å². The number of methoxy groups -OCH3 is 1. The lowest BCUT2D eigenvalue weighted by Crippen LogP contribution is -2.32. The van der Waals surface area contributed by atoms with Crippen LogP contribution in [0.2, 0.25) is 10.0 Å². The molecule has 0 saturated carbocycles. The standard InChI is InChI=1S/C15H22Cl2O7S2/c1-22-15(10-24-26(3,20)21)12(6-7-23-25(2,18)19)8-11-4-5-13(16)14(17)9-11/h4-5,9,12,15H,6-8,10H2,1-3H3/t12-,15-/m1/s1. The van der Waals surface area contributed by atoms with Crippen molar-refractivity contribution in [3.8, 4) is 0 Å². The van der Waals surface area contributed by atoms with Gasteiger partial charge in [-0.2, -0.15) is 16.8 Å². The van der Waals surface area contributed by atoms with Gasteiger partial charge in [0.15, 0.2) is 0 Å². The van der Waals surface area contributed by atoms with Gasteiger partial charge in [0.2, 0.25) is 0 Å². The smallest absolute Gasteiger partial charge is 0.264 e.